The van der Waals surface area contributed by atoms with E-state index in [0.29, 0.717) is 26.2 Å². The highest BCUT2D eigenvalue weighted by atomic mass is 16.5. The molecule has 1 aliphatic heterocycles. The molecular weight excluding hydrogens is 348 g/mol. The van der Waals surface area contributed by atoms with Crippen molar-refractivity contribution in [1.82, 2.24) is 19.4 Å². The van der Waals surface area contributed by atoms with Crippen molar-refractivity contribution in [2.75, 3.05) is 39.8 Å². The molecule has 27 heavy (non-hydrogen) atoms. The molecule has 8 nitrogen and oxygen atoms in total. The summed E-state index contributed by atoms with van der Waals surface area (Å²) in [7, 11) is 1.74. The van der Waals surface area contributed by atoms with Gasteiger partial charge < -0.3 is 19.3 Å². The number of aryl methyl sites for hydroxylation is 1. The number of rotatable bonds is 7. The number of carbonyl (C=O) groups excluding carboxylic acids is 1. The number of ether oxygens (including phenoxy) is 1. The number of nitrogens with zero attached hydrogens (tertiary/aromatic N) is 4. The van der Waals surface area contributed by atoms with Gasteiger partial charge >= 0.3 is 5.97 Å². The van der Waals surface area contributed by atoms with Crippen molar-refractivity contribution < 1.29 is 19.4 Å². The van der Waals surface area contributed by atoms with Crippen LogP contribution in [-0.4, -0.2) is 82.3 Å². The Bertz CT molecular complexity index is 819. The Morgan fingerprint density at radius 3 is 2.89 bits per heavy atom. The number of hydrogen-bond acceptors (Lipinski definition) is 5. The van der Waals surface area contributed by atoms with Crippen molar-refractivity contribution >= 4 is 22.9 Å². The first kappa shape index (κ1) is 19.3. The first-order valence-corrected chi connectivity index (χ1v) is 9.21. The van der Waals surface area contributed by atoms with Gasteiger partial charge in [-0.3, -0.25) is 14.5 Å². The van der Waals surface area contributed by atoms with E-state index in [-0.39, 0.29) is 25.1 Å². The van der Waals surface area contributed by atoms with Crippen molar-refractivity contribution in [2.45, 2.75) is 26.0 Å². The molecule has 0 spiro atoms. The van der Waals surface area contributed by atoms with Crippen molar-refractivity contribution in [2.24, 2.45) is 0 Å². The molecule has 1 atom stereocenters. The second-order valence-corrected chi connectivity index (χ2v) is 6.88. The fourth-order valence-electron chi connectivity index (χ4n) is 3.51. The zero-order valence-corrected chi connectivity index (χ0v) is 15.8. The number of para-hydroxylation sites is 2. The Kier molecular flexibility index (Phi) is 6.08. The Morgan fingerprint density at radius 2 is 2.15 bits per heavy atom. The molecule has 8 heteroatoms. The van der Waals surface area contributed by atoms with Gasteiger partial charge in [0.05, 0.1) is 30.3 Å². The number of aliphatic carboxylic acids is 1. The summed E-state index contributed by atoms with van der Waals surface area (Å²) < 4.78 is 7.70. The summed E-state index contributed by atoms with van der Waals surface area (Å²) in [6, 6.07) is 7.84. The smallest absolute Gasteiger partial charge is 0.317 e. The summed E-state index contributed by atoms with van der Waals surface area (Å²) in [6.07, 6.45) is 0.574. The van der Waals surface area contributed by atoms with Gasteiger partial charge in [-0.15, -0.1) is 0 Å². The van der Waals surface area contributed by atoms with Crippen LogP contribution in [0.5, 0.6) is 0 Å². The number of benzene rings is 1. The lowest BCUT2D eigenvalue weighted by atomic mass is 10.2. The molecule has 0 radical (unpaired) electrons. The first-order chi connectivity index (χ1) is 13.0. The molecule has 1 aromatic carbocycles. The van der Waals surface area contributed by atoms with Gasteiger partial charge in [0, 0.05) is 26.1 Å². The van der Waals surface area contributed by atoms with E-state index in [9.17, 15) is 9.59 Å². The number of imidazole rings is 1. The van der Waals surface area contributed by atoms with Gasteiger partial charge in [0.15, 0.2) is 0 Å². The van der Waals surface area contributed by atoms with Gasteiger partial charge in [-0.25, -0.2) is 4.98 Å². The molecule has 0 bridgehead atoms. The average molecular weight is 374 g/mol. The minimum Gasteiger partial charge on any atom is -0.480 e. The molecule has 1 aliphatic rings. The van der Waals surface area contributed by atoms with E-state index in [2.05, 4.69) is 4.98 Å². The molecule has 1 aromatic heterocycles. The van der Waals surface area contributed by atoms with Crippen LogP contribution in [0.1, 0.15) is 12.7 Å². The summed E-state index contributed by atoms with van der Waals surface area (Å²) in [6.45, 7) is 4.19. The van der Waals surface area contributed by atoms with Crippen LogP contribution in [0.25, 0.3) is 11.0 Å². The lowest BCUT2D eigenvalue weighted by molar-refractivity contribution is -0.142. The lowest BCUT2D eigenvalue weighted by Gasteiger charge is -2.34. The van der Waals surface area contributed by atoms with Crippen molar-refractivity contribution in [3.63, 3.8) is 0 Å². The van der Waals surface area contributed by atoms with E-state index in [4.69, 9.17) is 9.84 Å². The van der Waals surface area contributed by atoms with Crippen LogP contribution in [0.2, 0.25) is 0 Å². The highest BCUT2D eigenvalue weighted by Gasteiger charge is 2.26. The van der Waals surface area contributed by atoms with E-state index in [1.165, 1.54) is 0 Å². The summed E-state index contributed by atoms with van der Waals surface area (Å²) >= 11 is 0. The van der Waals surface area contributed by atoms with Crippen molar-refractivity contribution in [3.05, 3.63) is 30.1 Å². The maximum Gasteiger partial charge on any atom is 0.317 e. The second-order valence-electron chi connectivity index (χ2n) is 6.88. The normalized spacial score (nSPS) is 17.6. The van der Waals surface area contributed by atoms with Crippen LogP contribution in [0, 0.1) is 0 Å². The maximum atomic E-state index is 12.9. The summed E-state index contributed by atoms with van der Waals surface area (Å²) in [5.74, 6) is 0.0536. The Balaban J connectivity index is 1.67. The summed E-state index contributed by atoms with van der Waals surface area (Å²) in [4.78, 5) is 31.8. The largest absolute Gasteiger partial charge is 0.480 e. The van der Waals surface area contributed by atoms with Gasteiger partial charge in [-0.05, 0) is 19.2 Å². The molecule has 146 valence electrons. The van der Waals surface area contributed by atoms with Crippen molar-refractivity contribution in [1.29, 1.82) is 0 Å². The van der Waals surface area contributed by atoms with Crippen molar-refractivity contribution in [3.8, 4) is 0 Å². The number of carboxylic acids is 1. The van der Waals surface area contributed by atoms with E-state index in [1.54, 1.807) is 16.8 Å². The van der Waals surface area contributed by atoms with Crippen LogP contribution in [-0.2, 0) is 27.3 Å². The molecule has 0 saturated carbocycles. The highest BCUT2D eigenvalue weighted by Crippen LogP contribution is 2.17. The zero-order valence-electron chi connectivity index (χ0n) is 15.8. The Morgan fingerprint density at radius 1 is 1.37 bits per heavy atom. The van der Waals surface area contributed by atoms with Crippen LogP contribution in [0.15, 0.2) is 24.3 Å². The van der Waals surface area contributed by atoms with E-state index >= 15 is 0 Å². The number of carboxylic acid groups (broad SMARTS) is 1. The van der Waals surface area contributed by atoms with Gasteiger partial charge in [0.25, 0.3) is 0 Å². The van der Waals surface area contributed by atoms with Gasteiger partial charge in [0.1, 0.15) is 12.4 Å². The average Bonchev–Trinajstić information content (AvgIpc) is 2.99. The minimum absolute atomic E-state index is 0.0297. The van der Waals surface area contributed by atoms with Crippen LogP contribution >= 0.6 is 0 Å². The Labute approximate surface area is 158 Å². The van der Waals surface area contributed by atoms with Crippen LogP contribution < -0.4 is 0 Å². The number of aromatic nitrogens is 2. The number of hydrogen-bond donors (Lipinski definition) is 1. The van der Waals surface area contributed by atoms with E-state index in [1.807, 2.05) is 35.8 Å². The second kappa shape index (κ2) is 8.49. The van der Waals surface area contributed by atoms with Gasteiger partial charge in [-0.2, -0.15) is 0 Å². The molecule has 2 heterocycles. The number of morpholine rings is 1. The molecule has 2 aromatic rings. The lowest BCUT2D eigenvalue weighted by Crippen LogP contribution is -2.50. The number of likely N-dealkylation sites (N-methyl/N-ethyl adjacent to an activating group) is 1. The molecule has 3 rings (SSSR count). The molecular formula is C19H26N4O4. The molecule has 1 saturated heterocycles. The molecule has 1 fully saturated rings. The number of carbonyl (C=O) groups is 2. The fraction of sp³-hybridized carbons (Fsp3) is 0.526. The molecule has 0 aliphatic carbocycles. The van der Waals surface area contributed by atoms with E-state index in [0.717, 1.165) is 23.3 Å². The third kappa shape index (κ3) is 4.64. The van der Waals surface area contributed by atoms with Crippen LogP contribution in [0.4, 0.5) is 0 Å². The third-order valence-corrected chi connectivity index (χ3v) is 4.76. The highest BCUT2D eigenvalue weighted by molar-refractivity contribution is 5.81. The SMILES string of the molecule is CCc1nc2ccccc2n1CC(=O)N1CCOC(CN(C)CC(=O)O)C1. The molecule has 1 N–H and O–H groups in total. The van der Waals surface area contributed by atoms with E-state index < -0.39 is 5.97 Å². The quantitative estimate of drug-likeness (QED) is 0.773. The van der Waals surface area contributed by atoms with Crippen LogP contribution in [0.3, 0.4) is 0 Å². The monoisotopic (exact) mass is 374 g/mol. The predicted molar refractivity (Wildman–Crippen MR) is 101 cm³/mol. The zero-order chi connectivity index (χ0) is 19.4. The first-order valence-electron chi connectivity index (χ1n) is 9.21. The summed E-state index contributed by atoms with van der Waals surface area (Å²) in [5, 5.41) is 8.88. The third-order valence-electron chi connectivity index (χ3n) is 4.76. The standard InChI is InChI=1S/C19H26N4O4/c1-3-17-20-15-6-4-5-7-16(15)23(17)12-18(24)22-8-9-27-14(11-22)10-21(2)13-19(25)26/h4-7,14H,3,8-13H2,1-2H3,(H,25,26). The number of amides is 1. The van der Waals surface area contributed by atoms with Gasteiger partial charge in [0.2, 0.25) is 5.91 Å². The number of fused-ring (bicyclic) bond motifs is 1. The Hall–Kier alpha value is -2.45. The summed E-state index contributed by atoms with van der Waals surface area (Å²) in [5.41, 5.74) is 1.87. The fourth-order valence-corrected chi connectivity index (χ4v) is 3.51. The predicted octanol–water partition coefficient (Wildman–Crippen LogP) is 0.843. The topological polar surface area (TPSA) is 87.9 Å². The molecule has 1 amide bonds. The minimum atomic E-state index is -0.875. The maximum absolute atomic E-state index is 12.9. The molecule has 1 unspecified atom stereocenters. The van der Waals surface area contributed by atoms with Gasteiger partial charge in [-0.1, -0.05) is 19.1 Å².